The van der Waals surface area contributed by atoms with E-state index in [0.29, 0.717) is 19.1 Å². The number of methoxy groups -OCH3 is 1. The van der Waals surface area contributed by atoms with Crippen LogP contribution in [0.25, 0.3) is 0 Å². The van der Waals surface area contributed by atoms with Crippen LogP contribution in [-0.2, 0) is 4.74 Å². The van der Waals surface area contributed by atoms with Crippen molar-refractivity contribution in [2.45, 2.75) is 6.42 Å². The van der Waals surface area contributed by atoms with Gasteiger partial charge in [0.15, 0.2) is 0 Å². The fraction of sp³-hybridized carbons (Fsp3) is 0.444. The van der Waals surface area contributed by atoms with E-state index in [1.54, 1.807) is 18.4 Å². The van der Waals surface area contributed by atoms with Gasteiger partial charge in [-0.2, -0.15) is 11.3 Å². The van der Waals surface area contributed by atoms with Crippen molar-refractivity contribution in [2.24, 2.45) is 10.8 Å². The zero-order valence-electron chi connectivity index (χ0n) is 8.69. The fourth-order valence-corrected chi connectivity index (χ4v) is 1.58. The predicted octanol–water partition coefficient (Wildman–Crippen LogP) is 1.02. The van der Waals surface area contributed by atoms with E-state index in [4.69, 9.17) is 10.6 Å². The maximum Gasteiger partial charge on any atom is 0.210 e. The van der Waals surface area contributed by atoms with Crippen LogP contribution in [0, 0.1) is 0 Å². The Bertz CT molecular complexity index is 286. The smallest absolute Gasteiger partial charge is 0.210 e. The molecule has 1 rings (SSSR count). The summed E-state index contributed by atoms with van der Waals surface area (Å²) in [6.07, 6.45) is 0.882. The van der Waals surface area contributed by atoms with Gasteiger partial charge in [0.2, 0.25) is 5.96 Å². The number of ether oxygens (including phenoxy) is 1. The second-order valence-electron chi connectivity index (χ2n) is 2.86. The summed E-state index contributed by atoms with van der Waals surface area (Å²) in [5, 5.41) is 7.04. The fourth-order valence-electron chi connectivity index (χ4n) is 0.993. The maximum absolute atomic E-state index is 5.33. The average Bonchev–Trinajstić information content (AvgIpc) is 2.75. The third-order valence-electron chi connectivity index (χ3n) is 1.70. The van der Waals surface area contributed by atoms with Crippen LogP contribution in [0.5, 0.6) is 0 Å². The number of thiophene rings is 1. The topological polar surface area (TPSA) is 71.7 Å². The van der Waals surface area contributed by atoms with Crippen LogP contribution < -0.4 is 16.6 Å². The van der Waals surface area contributed by atoms with E-state index in [0.717, 1.165) is 12.1 Å². The Balaban J connectivity index is 2.34. The summed E-state index contributed by atoms with van der Waals surface area (Å²) in [6, 6.07) is 1.96. The Labute approximate surface area is 93.3 Å². The van der Waals surface area contributed by atoms with Gasteiger partial charge in [0.1, 0.15) is 0 Å². The lowest BCUT2D eigenvalue weighted by Crippen LogP contribution is -2.36. The molecule has 0 saturated heterocycles. The van der Waals surface area contributed by atoms with Gasteiger partial charge in [0.05, 0.1) is 5.69 Å². The van der Waals surface area contributed by atoms with E-state index in [1.165, 1.54) is 0 Å². The summed E-state index contributed by atoms with van der Waals surface area (Å²) in [7, 11) is 1.68. The average molecular weight is 228 g/mol. The Morgan fingerprint density at radius 3 is 3.13 bits per heavy atom. The minimum atomic E-state index is 0.574. The Kier molecular flexibility index (Phi) is 5.76. The standard InChI is InChI=1S/C9H16N4OS/c1-14-5-2-4-11-9(13-10)12-8-3-6-15-7-8/h3,6-7H,2,4-5,10H2,1H3,(H2,11,12,13). The second-order valence-corrected chi connectivity index (χ2v) is 3.64. The lowest BCUT2D eigenvalue weighted by molar-refractivity contribution is 0.197. The number of nitrogens with zero attached hydrogens (tertiary/aromatic N) is 1. The number of nitrogens with two attached hydrogens (primary N) is 1. The molecule has 0 amide bonds. The third kappa shape index (κ3) is 4.78. The highest BCUT2D eigenvalue weighted by Gasteiger charge is 1.97. The Morgan fingerprint density at radius 2 is 2.53 bits per heavy atom. The van der Waals surface area contributed by atoms with Gasteiger partial charge in [-0.3, -0.25) is 10.4 Å². The molecule has 0 fully saturated rings. The summed E-state index contributed by atoms with van der Waals surface area (Å²) < 4.78 is 4.92. The summed E-state index contributed by atoms with van der Waals surface area (Å²) >= 11 is 1.62. The van der Waals surface area contributed by atoms with E-state index >= 15 is 0 Å². The third-order valence-corrected chi connectivity index (χ3v) is 2.38. The van der Waals surface area contributed by atoms with E-state index in [1.807, 2.05) is 16.8 Å². The molecule has 0 unspecified atom stereocenters. The molecule has 0 aliphatic rings. The van der Waals surface area contributed by atoms with Crippen molar-refractivity contribution >= 4 is 23.0 Å². The maximum atomic E-state index is 5.33. The molecular weight excluding hydrogens is 212 g/mol. The number of guanidine groups is 1. The number of hydrogen-bond donors (Lipinski definition) is 3. The molecule has 0 radical (unpaired) electrons. The SMILES string of the molecule is COCCCN=C(NN)Nc1ccsc1. The number of rotatable bonds is 5. The van der Waals surface area contributed by atoms with Crippen molar-refractivity contribution in [1.82, 2.24) is 5.43 Å². The zero-order chi connectivity index (χ0) is 10.9. The Morgan fingerprint density at radius 1 is 1.67 bits per heavy atom. The largest absolute Gasteiger partial charge is 0.385 e. The minimum absolute atomic E-state index is 0.574. The molecule has 1 aromatic rings. The molecule has 0 saturated carbocycles. The van der Waals surface area contributed by atoms with Crippen molar-refractivity contribution in [1.29, 1.82) is 0 Å². The first-order valence-electron chi connectivity index (χ1n) is 4.66. The zero-order valence-corrected chi connectivity index (χ0v) is 9.51. The van der Waals surface area contributed by atoms with Gasteiger partial charge in [-0.25, -0.2) is 5.84 Å². The highest BCUT2D eigenvalue weighted by molar-refractivity contribution is 7.08. The normalized spacial score (nSPS) is 11.5. The molecular formula is C9H16N4OS. The van der Waals surface area contributed by atoms with Gasteiger partial charge < -0.3 is 10.1 Å². The highest BCUT2D eigenvalue weighted by atomic mass is 32.1. The lowest BCUT2D eigenvalue weighted by Gasteiger charge is -2.06. The summed E-state index contributed by atoms with van der Waals surface area (Å²) in [5.74, 6) is 5.91. The van der Waals surface area contributed by atoms with Gasteiger partial charge >= 0.3 is 0 Å². The van der Waals surface area contributed by atoms with Crippen molar-refractivity contribution < 1.29 is 4.74 Å². The molecule has 1 heterocycles. The number of hydrazine groups is 1. The van der Waals surface area contributed by atoms with E-state index in [2.05, 4.69) is 15.7 Å². The first kappa shape index (κ1) is 12.0. The van der Waals surface area contributed by atoms with Crippen LogP contribution in [0.15, 0.2) is 21.8 Å². The van der Waals surface area contributed by atoms with Crippen molar-refractivity contribution in [3.05, 3.63) is 16.8 Å². The summed E-state index contributed by atoms with van der Waals surface area (Å²) in [5.41, 5.74) is 3.51. The van der Waals surface area contributed by atoms with Crippen molar-refractivity contribution in [2.75, 3.05) is 25.6 Å². The first-order valence-corrected chi connectivity index (χ1v) is 5.60. The molecule has 0 atom stereocenters. The molecule has 0 spiro atoms. The summed E-state index contributed by atoms with van der Waals surface area (Å²) in [6.45, 7) is 1.39. The van der Waals surface area contributed by atoms with Crippen LogP contribution in [-0.4, -0.2) is 26.2 Å². The number of aliphatic imine (C=N–C) groups is 1. The number of hydrogen-bond acceptors (Lipinski definition) is 4. The van der Waals surface area contributed by atoms with Crippen molar-refractivity contribution in [3.8, 4) is 0 Å². The molecule has 5 nitrogen and oxygen atoms in total. The van der Waals surface area contributed by atoms with Gasteiger partial charge in [-0.1, -0.05) is 0 Å². The van der Waals surface area contributed by atoms with Crippen LogP contribution in [0.2, 0.25) is 0 Å². The van der Waals surface area contributed by atoms with Gasteiger partial charge in [0, 0.05) is 25.6 Å². The molecule has 6 heteroatoms. The quantitative estimate of drug-likeness (QED) is 0.231. The molecule has 0 aliphatic carbocycles. The summed E-state index contributed by atoms with van der Waals surface area (Å²) in [4.78, 5) is 4.25. The van der Waals surface area contributed by atoms with Crippen LogP contribution >= 0.6 is 11.3 Å². The molecule has 84 valence electrons. The molecule has 0 aliphatic heterocycles. The van der Waals surface area contributed by atoms with E-state index in [-0.39, 0.29) is 0 Å². The second kappa shape index (κ2) is 7.22. The van der Waals surface area contributed by atoms with Crippen molar-refractivity contribution in [3.63, 3.8) is 0 Å². The predicted molar refractivity (Wildman–Crippen MR) is 64.1 cm³/mol. The number of nitrogens with one attached hydrogen (secondary N) is 2. The molecule has 4 N–H and O–H groups in total. The van der Waals surface area contributed by atoms with Gasteiger partial charge in [-0.15, -0.1) is 0 Å². The molecule has 0 aromatic carbocycles. The molecule has 1 aromatic heterocycles. The molecule has 0 bridgehead atoms. The lowest BCUT2D eigenvalue weighted by atomic mass is 10.4. The van der Waals surface area contributed by atoms with Gasteiger partial charge in [-0.05, 0) is 17.9 Å². The Hall–Kier alpha value is -1.11. The number of anilines is 1. The monoisotopic (exact) mass is 228 g/mol. The van der Waals surface area contributed by atoms with Crippen LogP contribution in [0.3, 0.4) is 0 Å². The first-order chi connectivity index (χ1) is 7.36. The van der Waals surface area contributed by atoms with Gasteiger partial charge in [0.25, 0.3) is 0 Å². The van der Waals surface area contributed by atoms with E-state index in [9.17, 15) is 0 Å². The molecule has 15 heavy (non-hydrogen) atoms. The minimum Gasteiger partial charge on any atom is -0.385 e. The van der Waals surface area contributed by atoms with Crippen LogP contribution in [0.1, 0.15) is 6.42 Å². The van der Waals surface area contributed by atoms with Crippen LogP contribution in [0.4, 0.5) is 5.69 Å². The van der Waals surface area contributed by atoms with E-state index < -0.39 is 0 Å². The highest BCUT2D eigenvalue weighted by Crippen LogP contribution is 2.11.